The quantitative estimate of drug-likeness (QED) is 0.734. The summed E-state index contributed by atoms with van der Waals surface area (Å²) in [7, 11) is 0. The molecule has 1 fully saturated rings. The molecule has 1 aliphatic heterocycles. The van der Waals surface area contributed by atoms with Crippen LogP contribution < -0.4 is 5.73 Å². The Kier molecular flexibility index (Phi) is 2.25. The van der Waals surface area contributed by atoms with E-state index in [0.717, 1.165) is 30.5 Å². The second kappa shape index (κ2) is 3.75. The molecule has 0 bridgehead atoms. The lowest BCUT2D eigenvalue weighted by Crippen LogP contribution is -2.22. The molecule has 84 valence electrons. The number of ether oxygens (including phenoxy) is 1. The van der Waals surface area contributed by atoms with Crippen LogP contribution in [0.1, 0.15) is 18.9 Å². The van der Waals surface area contributed by atoms with Crippen molar-refractivity contribution >= 4 is 16.7 Å². The topological polar surface area (TPSA) is 66.0 Å². The molecular weight excluding hydrogens is 204 g/mol. The summed E-state index contributed by atoms with van der Waals surface area (Å²) in [6, 6.07) is 6.07. The van der Waals surface area contributed by atoms with E-state index < -0.39 is 0 Å². The molecule has 0 spiro atoms. The second-order valence-corrected chi connectivity index (χ2v) is 4.12. The number of nitrogen functional groups attached to an aromatic ring is 1. The van der Waals surface area contributed by atoms with Gasteiger partial charge in [-0.15, -0.1) is 5.10 Å². The molecule has 0 aliphatic carbocycles. The van der Waals surface area contributed by atoms with Gasteiger partial charge in [-0.05, 0) is 25.0 Å². The van der Waals surface area contributed by atoms with Gasteiger partial charge in [-0.2, -0.15) is 0 Å². The van der Waals surface area contributed by atoms with Crippen molar-refractivity contribution in [2.45, 2.75) is 18.9 Å². The standard InChI is InChI=1S/C11H14N4O/c12-9-4-1-5-10-11(9)13-14-15(10)8-3-2-6-16-7-8/h1,4-5,8H,2-3,6-7,12H2. The fraction of sp³-hybridized carbons (Fsp3) is 0.455. The number of hydrogen-bond donors (Lipinski definition) is 1. The minimum atomic E-state index is 0.292. The smallest absolute Gasteiger partial charge is 0.136 e. The van der Waals surface area contributed by atoms with Crippen LogP contribution >= 0.6 is 0 Å². The summed E-state index contributed by atoms with van der Waals surface area (Å²) < 4.78 is 7.40. The van der Waals surface area contributed by atoms with Crippen LogP contribution in [0.25, 0.3) is 11.0 Å². The molecule has 0 saturated carbocycles. The van der Waals surface area contributed by atoms with Crippen LogP contribution in [-0.4, -0.2) is 28.2 Å². The summed E-state index contributed by atoms with van der Waals surface area (Å²) in [5, 5.41) is 8.31. The average Bonchev–Trinajstić information content (AvgIpc) is 2.75. The van der Waals surface area contributed by atoms with E-state index in [9.17, 15) is 0 Å². The Morgan fingerprint density at radius 3 is 3.19 bits per heavy atom. The first-order chi connectivity index (χ1) is 7.86. The lowest BCUT2D eigenvalue weighted by molar-refractivity contribution is 0.0558. The monoisotopic (exact) mass is 218 g/mol. The van der Waals surface area contributed by atoms with Gasteiger partial charge in [0.25, 0.3) is 0 Å². The maximum atomic E-state index is 5.85. The van der Waals surface area contributed by atoms with Gasteiger partial charge in [0.2, 0.25) is 0 Å². The Hall–Kier alpha value is -1.62. The summed E-state index contributed by atoms with van der Waals surface area (Å²) in [6.07, 6.45) is 2.17. The van der Waals surface area contributed by atoms with Crippen molar-refractivity contribution in [1.29, 1.82) is 0 Å². The van der Waals surface area contributed by atoms with Gasteiger partial charge in [0, 0.05) is 6.61 Å². The molecule has 3 rings (SSSR count). The van der Waals surface area contributed by atoms with Crippen LogP contribution in [0.15, 0.2) is 18.2 Å². The first kappa shape index (κ1) is 9.59. The molecule has 5 nitrogen and oxygen atoms in total. The number of rotatable bonds is 1. The van der Waals surface area contributed by atoms with E-state index in [-0.39, 0.29) is 0 Å². The van der Waals surface area contributed by atoms with E-state index in [0.29, 0.717) is 18.3 Å². The molecule has 0 amide bonds. The summed E-state index contributed by atoms with van der Waals surface area (Å²) in [5.74, 6) is 0. The van der Waals surface area contributed by atoms with Crippen LogP contribution in [0.3, 0.4) is 0 Å². The first-order valence-electron chi connectivity index (χ1n) is 5.53. The lowest BCUT2D eigenvalue weighted by atomic mass is 10.1. The molecule has 1 aromatic heterocycles. The Morgan fingerprint density at radius 2 is 2.38 bits per heavy atom. The highest BCUT2D eigenvalue weighted by atomic mass is 16.5. The third kappa shape index (κ3) is 1.44. The summed E-state index contributed by atoms with van der Waals surface area (Å²) in [5.41, 5.74) is 8.31. The zero-order valence-corrected chi connectivity index (χ0v) is 8.97. The van der Waals surface area contributed by atoms with Crippen LogP contribution in [0.2, 0.25) is 0 Å². The van der Waals surface area contributed by atoms with Crippen molar-refractivity contribution in [2.75, 3.05) is 18.9 Å². The second-order valence-electron chi connectivity index (χ2n) is 4.12. The lowest BCUT2D eigenvalue weighted by Gasteiger charge is -2.22. The molecule has 1 atom stereocenters. The van der Waals surface area contributed by atoms with Crippen LogP contribution in [0.5, 0.6) is 0 Å². The highest BCUT2D eigenvalue weighted by Gasteiger charge is 2.19. The molecule has 1 saturated heterocycles. The molecule has 0 radical (unpaired) electrons. The Labute approximate surface area is 93.2 Å². The zero-order chi connectivity index (χ0) is 11.0. The third-order valence-electron chi connectivity index (χ3n) is 3.02. The maximum Gasteiger partial charge on any atom is 0.136 e. The van der Waals surface area contributed by atoms with Gasteiger partial charge in [-0.25, -0.2) is 4.68 Å². The number of aromatic nitrogens is 3. The number of anilines is 1. The molecule has 16 heavy (non-hydrogen) atoms. The van der Waals surface area contributed by atoms with Gasteiger partial charge in [-0.3, -0.25) is 0 Å². The van der Waals surface area contributed by atoms with Crippen molar-refractivity contribution in [2.24, 2.45) is 0 Å². The summed E-state index contributed by atoms with van der Waals surface area (Å²) >= 11 is 0. The Morgan fingerprint density at radius 1 is 1.44 bits per heavy atom. The van der Waals surface area contributed by atoms with Crippen molar-refractivity contribution in [1.82, 2.24) is 15.0 Å². The van der Waals surface area contributed by atoms with E-state index in [1.165, 1.54) is 0 Å². The fourth-order valence-corrected chi connectivity index (χ4v) is 2.17. The van der Waals surface area contributed by atoms with Gasteiger partial charge in [0.1, 0.15) is 5.52 Å². The van der Waals surface area contributed by atoms with Crippen LogP contribution in [0, 0.1) is 0 Å². The molecule has 1 aliphatic rings. The molecule has 2 aromatic rings. The van der Waals surface area contributed by atoms with Crippen molar-refractivity contribution in [3.05, 3.63) is 18.2 Å². The maximum absolute atomic E-state index is 5.85. The van der Waals surface area contributed by atoms with Gasteiger partial charge in [-0.1, -0.05) is 11.3 Å². The van der Waals surface area contributed by atoms with Crippen molar-refractivity contribution in [3.63, 3.8) is 0 Å². The third-order valence-corrected chi connectivity index (χ3v) is 3.02. The molecule has 2 heterocycles. The largest absolute Gasteiger partial charge is 0.397 e. The molecule has 5 heteroatoms. The molecule has 1 aromatic carbocycles. The van der Waals surface area contributed by atoms with Gasteiger partial charge >= 0.3 is 0 Å². The molecular formula is C11H14N4O. The Bertz CT molecular complexity index is 502. The van der Waals surface area contributed by atoms with E-state index in [2.05, 4.69) is 10.3 Å². The van der Waals surface area contributed by atoms with Crippen molar-refractivity contribution in [3.8, 4) is 0 Å². The van der Waals surface area contributed by atoms with Gasteiger partial charge < -0.3 is 10.5 Å². The first-order valence-corrected chi connectivity index (χ1v) is 5.53. The SMILES string of the molecule is Nc1cccc2c1nnn2C1CCCOC1. The molecule has 2 N–H and O–H groups in total. The molecule has 1 unspecified atom stereocenters. The number of nitrogens with zero attached hydrogens (tertiary/aromatic N) is 3. The number of hydrogen-bond acceptors (Lipinski definition) is 4. The number of nitrogens with two attached hydrogens (primary N) is 1. The normalized spacial score (nSPS) is 21.4. The van der Waals surface area contributed by atoms with E-state index in [1.807, 2.05) is 22.9 Å². The van der Waals surface area contributed by atoms with Gasteiger partial charge in [0.15, 0.2) is 0 Å². The number of benzene rings is 1. The minimum absolute atomic E-state index is 0.292. The summed E-state index contributed by atoms with van der Waals surface area (Å²) in [6.45, 7) is 1.57. The predicted octanol–water partition coefficient (Wildman–Crippen LogP) is 1.36. The van der Waals surface area contributed by atoms with E-state index in [1.54, 1.807) is 0 Å². The Balaban J connectivity index is 2.06. The highest BCUT2D eigenvalue weighted by Crippen LogP contribution is 2.25. The van der Waals surface area contributed by atoms with E-state index >= 15 is 0 Å². The van der Waals surface area contributed by atoms with Crippen LogP contribution in [0.4, 0.5) is 5.69 Å². The average molecular weight is 218 g/mol. The van der Waals surface area contributed by atoms with E-state index in [4.69, 9.17) is 10.5 Å². The zero-order valence-electron chi connectivity index (χ0n) is 8.97. The predicted molar refractivity (Wildman–Crippen MR) is 61.0 cm³/mol. The van der Waals surface area contributed by atoms with Gasteiger partial charge in [0.05, 0.1) is 23.9 Å². The summed E-state index contributed by atoms with van der Waals surface area (Å²) in [4.78, 5) is 0. The highest BCUT2D eigenvalue weighted by molar-refractivity contribution is 5.86. The number of fused-ring (bicyclic) bond motifs is 1. The minimum Gasteiger partial charge on any atom is -0.397 e. The van der Waals surface area contributed by atoms with Crippen molar-refractivity contribution < 1.29 is 4.74 Å². The van der Waals surface area contributed by atoms with Crippen LogP contribution in [-0.2, 0) is 4.74 Å². The fourth-order valence-electron chi connectivity index (χ4n) is 2.17.